The summed E-state index contributed by atoms with van der Waals surface area (Å²) in [4.78, 5) is 14.8. The van der Waals surface area contributed by atoms with Crippen molar-refractivity contribution >= 4 is 24.2 Å². The number of carbonyl (C=O) groups is 1. The van der Waals surface area contributed by atoms with Gasteiger partial charge in [0.15, 0.2) is 0 Å². The van der Waals surface area contributed by atoms with Gasteiger partial charge in [-0.2, -0.15) is 0 Å². The fourth-order valence-electron chi connectivity index (χ4n) is 2.57. The molecule has 20 heavy (non-hydrogen) atoms. The zero-order chi connectivity index (χ0) is 14.1. The van der Waals surface area contributed by atoms with E-state index in [-0.39, 0.29) is 11.5 Å². The zero-order valence-corrected chi connectivity index (χ0v) is 11.7. The van der Waals surface area contributed by atoms with E-state index in [4.69, 9.17) is 0 Å². The largest absolute Gasteiger partial charge is 0.308 e. The smallest absolute Gasteiger partial charge is 0.261 e. The van der Waals surface area contributed by atoms with Crippen molar-refractivity contribution in [2.75, 3.05) is 11.4 Å². The summed E-state index contributed by atoms with van der Waals surface area (Å²) >= 11 is 4.18. The maximum atomic E-state index is 13.9. The molecule has 0 fully saturated rings. The van der Waals surface area contributed by atoms with E-state index in [1.54, 1.807) is 11.0 Å². The molecule has 0 spiro atoms. The molecule has 1 aliphatic rings. The normalized spacial score (nSPS) is 14.0. The lowest BCUT2D eigenvalue weighted by Gasteiger charge is -2.29. The number of hydrogen-bond donors (Lipinski definition) is 1. The Morgan fingerprint density at radius 3 is 2.85 bits per heavy atom. The molecule has 0 aromatic heterocycles. The van der Waals surface area contributed by atoms with E-state index in [0.717, 1.165) is 24.1 Å². The fourth-order valence-corrected chi connectivity index (χ4v) is 2.77. The van der Waals surface area contributed by atoms with Crippen molar-refractivity contribution in [1.82, 2.24) is 0 Å². The van der Waals surface area contributed by atoms with Gasteiger partial charge in [0.1, 0.15) is 5.82 Å². The van der Waals surface area contributed by atoms with Crippen LogP contribution in [0.15, 0.2) is 47.4 Å². The highest BCUT2D eigenvalue weighted by Gasteiger charge is 2.25. The highest BCUT2D eigenvalue weighted by molar-refractivity contribution is 7.80. The number of para-hydroxylation sites is 1. The second kappa shape index (κ2) is 5.29. The van der Waals surface area contributed by atoms with Crippen LogP contribution in [0.25, 0.3) is 0 Å². The lowest BCUT2D eigenvalue weighted by atomic mass is 10.0. The average Bonchev–Trinajstić information content (AvgIpc) is 2.48. The Kier molecular flexibility index (Phi) is 3.49. The molecule has 0 atom stereocenters. The number of hydrogen-bond acceptors (Lipinski definition) is 2. The summed E-state index contributed by atoms with van der Waals surface area (Å²) in [6.45, 7) is 0.617. The Morgan fingerprint density at radius 2 is 2.00 bits per heavy atom. The third kappa shape index (κ3) is 2.31. The van der Waals surface area contributed by atoms with E-state index >= 15 is 0 Å². The molecule has 1 heterocycles. The second-order valence-corrected chi connectivity index (χ2v) is 5.37. The van der Waals surface area contributed by atoms with Crippen LogP contribution < -0.4 is 4.90 Å². The Labute approximate surface area is 122 Å². The number of amides is 1. The summed E-state index contributed by atoms with van der Waals surface area (Å²) in [6, 6.07) is 12.1. The molecule has 0 aliphatic carbocycles. The standard InChI is InChI=1S/C16H14FNOS/c17-14-8-7-12(20)10-13(14)16(19)18-9-3-5-11-4-1-2-6-15(11)18/h1-2,4,6-8,10,20H,3,5,9H2. The van der Waals surface area contributed by atoms with Crippen molar-refractivity contribution in [3.8, 4) is 0 Å². The minimum atomic E-state index is -0.504. The molecule has 0 saturated heterocycles. The van der Waals surface area contributed by atoms with Crippen LogP contribution >= 0.6 is 12.6 Å². The van der Waals surface area contributed by atoms with Gasteiger partial charge in [-0.1, -0.05) is 18.2 Å². The molecular formula is C16H14FNOS. The van der Waals surface area contributed by atoms with Crippen LogP contribution in [-0.4, -0.2) is 12.5 Å². The first-order valence-corrected chi connectivity index (χ1v) is 7.00. The molecular weight excluding hydrogens is 273 g/mol. The fraction of sp³-hybridized carbons (Fsp3) is 0.188. The average molecular weight is 287 g/mol. The van der Waals surface area contributed by atoms with E-state index in [2.05, 4.69) is 12.6 Å². The molecule has 0 N–H and O–H groups in total. The van der Waals surface area contributed by atoms with Gasteiger partial charge in [-0.05, 0) is 42.7 Å². The van der Waals surface area contributed by atoms with Crippen molar-refractivity contribution in [1.29, 1.82) is 0 Å². The predicted molar refractivity (Wildman–Crippen MR) is 80.1 cm³/mol. The summed E-state index contributed by atoms with van der Waals surface area (Å²) < 4.78 is 13.9. The molecule has 2 aromatic rings. The van der Waals surface area contributed by atoms with Gasteiger partial charge in [0.25, 0.3) is 5.91 Å². The van der Waals surface area contributed by atoms with Crippen molar-refractivity contribution < 1.29 is 9.18 Å². The minimum absolute atomic E-state index is 0.0780. The highest BCUT2D eigenvalue weighted by atomic mass is 32.1. The molecule has 0 bridgehead atoms. The minimum Gasteiger partial charge on any atom is -0.308 e. The van der Waals surface area contributed by atoms with E-state index < -0.39 is 5.82 Å². The Balaban J connectivity index is 2.02. The molecule has 0 unspecified atom stereocenters. The van der Waals surface area contributed by atoms with E-state index in [1.807, 2.05) is 24.3 Å². The molecule has 102 valence electrons. The maximum Gasteiger partial charge on any atom is 0.261 e. The quantitative estimate of drug-likeness (QED) is 0.793. The lowest BCUT2D eigenvalue weighted by molar-refractivity contribution is 0.0981. The number of aryl methyl sites for hydroxylation is 1. The third-order valence-corrected chi connectivity index (χ3v) is 3.81. The van der Waals surface area contributed by atoms with Crippen molar-refractivity contribution in [3.63, 3.8) is 0 Å². The number of nitrogens with zero attached hydrogens (tertiary/aromatic N) is 1. The van der Waals surface area contributed by atoms with Gasteiger partial charge in [-0.3, -0.25) is 4.79 Å². The number of rotatable bonds is 1. The van der Waals surface area contributed by atoms with Crippen LogP contribution in [0, 0.1) is 5.82 Å². The topological polar surface area (TPSA) is 20.3 Å². The van der Waals surface area contributed by atoms with Gasteiger partial charge in [-0.25, -0.2) is 4.39 Å². The monoisotopic (exact) mass is 287 g/mol. The van der Waals surface area contributed by atoms with Crippen LogP contribution in [0.2, 0.25) is 0 Å². The number of anilines is 1. The Bertz CT molecular complexity index is 671. The Hall–Kier alpha value is -1.81. The summed E-state index contributed by atoms with van der Waals surface area (Å²) in [5, 5.41) is 0. The van der Waals surface area contributed by atoms with Gasteiger partial charge < -0.3 is 4.90 Å². The maximum absolute atomic E-state index is 13.9. The Morgan fingerprint density at radius 1 is 1.20 bits per heavy atom. The number of fused-ring (bicyclic) bond motifs is 1. The van der Waals surface area contributed by atoms with Crippen LogP contribution in [0.4, 0.5) is 10.1 Å². The van der Waals surface area contributed by atoms with Gasteiger partial charge in [0.05, 0.1) is 5.56 Å². The molecule has 4 heteroatoms. The second-order valence-electron chi connectivity index (χ2n) is 4.85. The number of halogens is 1. The van der Waals surface area contributed by atoms with Crippen LogP contribution in [0.1, 0.15) is 22.3 Å². The van der Waals surface area contributed by atoms with E-state index in [1.165, 1.54) is 12.1 Å². The van der Waals surface area contributed by atoms with E-state index in [9.17, 15) is 9.18 Å². The first-order chi connectivity index (χ1) is 9.66. The summed E-state index contributed by atoms with van der Waals surface area (Å²) in [5.41, 5.74) is 2.09. The van der Waals surface area contributed by atoms with Crippen molar-refractivity contribution in [2.24, 2.45) is 0 Å². The summed E-state index contributed by atoms with van der Waals surface area (Å²) in [5.74, 6) is -0.804. The van der Waals surface area contributed by atoms with Gasteiger partial charge in [0.2, 0.25) is 0 Å². The third-order valence-electron chi connectivity index (χ3n) is 3.54. The molecule has 2 nitrogen and oxygen atoms in total. The number of benzene rings is 2. The lowest BCUT2D eigenvalue weighted by Crippen LogP contribution is -2.35. The molecule has 0 radical (unpaired) electrons. The molecule has 0 saturated carbocycles. The van der Waals surface area contributed by atoms with Gasteiger partial charge in [0, 0.05) is 17.1 Å². The number of thiol groups is 1. The first kappa shape index (κ1) is 13.2. The van der Waals surface area contributed by atoms with Crippen molar-refractivity contribution in [2.45, 2.75) is 17.7 Å². The van der Waals surface area contributed by atoms with Crippen molar-refractivity contribution in [3.05, 3.63) is 59.4 Å². The molecule has 1 amide bonds. The highest BCUT2D eigenvalue weighted by Crippen LogP contribution is 2.28. The molecule has 3 rings (SSSR count). The zero-order valence-electron chi connectivity index (χ0n) is 10.8. The van der Waals surface area contributed by atoms with Crippen LogP contribution in [-0.2, 0) is 6.42 Å². The summed E-state index contributed by atoms with van der Waals surface area (Å²) in [6.07, 6.45) is 1.85. The predicted octanol–water partition coefficient (Wildman–Crippen LogP) is 3.71. The SMILES string of the molecule is O=C(c1cc(S)ccc1F)N1CCCc2ccccc21. The van der Waals surface area contributed by atoms with Crippen LogP contribution in [0.5, 0.6) is 0 Å². The first-order valence-electron chi connectivity index (χ1n) is 6.55. The molecule has 2 aromatic carbocycles. The summed E-state index contributed by atoms with van der Waals surface area (Å²) in [7, 11) is 0. The molecule has 1 aliphatic heterocycles. The van der Waals surface area contributed by atoms with Crippen LogP contribution in [0.3, 0.4) is 0 Å². The van der Waals surface area contributed by atoms with E-state index in [0.29, 0.717) is 11.4 Å². The van der Waals surface area contributed by atoms with Gasteiger partial charge >= 0.3 is 0 Å². The van der Waals surface area contributed by atoms with Gasteiger partial charge in [-0.15, -0.1) is 12.6 Å². The number of carbonyl (C=O) groups excluding carboxylic acids is 1.